The predicted molar refractivity (Wildman–Crippen MR) is 57.4 cm³/mol. The number of hydrogen-bond acceptors (Lipinski definition) is 3. The second-order valence-electron chi connectivity index (χ2n) is 3.95. The molecule has 1 fully saturated rings. The number of rotatable bonds is 6. The van der Waals surface area contributed by atoms with E-state index in [-0.39, 0.29) is 6.61 Å². The van der Waals surface area contributed by atoms with Gasteiger partial charge < -0.3 is 9.84 Å². The molecule has 0 aromatic rings. The van der Waals surface area contributed by atoms with Gasteiger partial charge in [-0.1, -0.05) is 13.8 Å². The number of hydrogen-bond donors (Lipinski definition) is 1. The topological polar surface area (TPSA) is 32.7 Å². The van der Waals surface area contributed by atoms with Crippen molar-refractivity contribution >= 4 is 0 Å². The molecule has 1 saturated heterocycles. The number of nitrogens with zero attached hydrogens (tertiary/aromatic N) is 1. The van der Waals surface area contributed by atoms with E-state index in [0.29, 0.717) is 12.1 Å². The standard InChI is InChI=1S/C11H23NO2/c1-3-10(4-2)12(6-7-13)11-5-8-14-9-11/h10-11,13H,3-9H2,1-2H3. The molecule has 0 aromatic heterocycles. The third-order valence-corrected chi connectivity index (χ3v) is 3.14. The summed E-state index contributed by atoms with van der Waals surface area (Å²) in [6.07, 6.45) is 3.44. The molecular formula is C11H23NO2. The first kappa shape index (κ1) is 12.0. The molecule has 0 aliphatic carbocycles. The van der Waals surface area contributed by atoms with Gasteiger partial charge in [-0.2, -0.15) is 0 Å². The van der Waals surface area contributed by atoms with Crippen LogP contribution in [0.3, 0.4) is 0 Å². The van der Waals surface area contributed by atoms with Gasteiger partial charge in [0.2, 0.25) is 0 Å². The van der Waals surface area contributed by atoms with Gasteiger partial charge in [-0.15, -0.1) is 0 Å². The molecule has 1 atom stereocenters. The van der Waals surface area contributed by atoms with Crippen molar-refractivity contribution in [1.82, 2.24) is 4.90 Å². The molecule has 1 rings (SSSR count). The molecule has 1 aliphatic heterocycles. The SMILES string of the molecule is CCC(CC)N(CCO)C1CCOC1. The van der Waals surface area contributed by atoms with Crippen molar-refractivity contribution in [2.75, 3.05) is 26.4 Å². The summed E-state index contributed by atoms with van der Waals surface area (Å²) < 4.78 is 5.40. The Morgan fingerprint density at radius 2 is 2.14 bits per heavy atom. The molecule has 0 aromatic carbocycles. The van der Waals surface area contributed by atoms with Crippen LogP contribution in [0.25, 0.3) is 0 Å². The fourth-order valence-corrected chi connectivity index (χ4v) is 2.32. The highest BCUT2D eigenvalue weighted by Crippen LogP contribution is 2.18. The van der Waals surface area contributed by atoms with Crippen LogP contribution in [0, 0.1) is 0 Å². The molecule has 1 aliphatic rings. The van der Waals surface area contributed by atoms with Crippen LogP contribution in [0.4, 0.5) is 0 Å². The molecule has 3 heteroatoms. The molecule has 0 saturated carbocycles. The van der Waals surface area contributed by atoms with Crippen molar-refractivity contribution in [2.24, 2.45) is 0 Å². The van der Waals surface area contributed by atoms with Gasteiger partial charge in [0.05, 0.1) is 13.2 Å². The van der Waals surface area contributed by atoms with Gasteiger partial charge in [0.15, 0.2) is 0 Å². The Bertz CT molecular complexity index is 140. The van der Waals surface area contributed by atoms with Crippen LogP contribution in [-0.2, 0) is 4.74 Å². The average molecular weight is 201 g/mol. The molecule has 1 heterocycles. The summed E-state index contributed by atoms with van der Waals surface area (Å²) in [7, 11) is 0. The molecule has 0 amide bonds. The zero-order valence-electron chi connectivity index (χ0n) is 9.41. The quantitative estimate of drug-likeness (QED) is 0.702. The maximum Gasteiger partial charge on any atom is 0.0622 e. The minimum absolute atomic E-state index is 0.257. The summed E-state index contributed by atoms with van der Waals surface area (Å²) in [6, 6.07) is 1.14. The van der Waals surface area contributed by atoms with E-state index < -0.39 is 0 Å². The molecule has 0 bridgehead atoms. The van der Waals surface area contributed by atoms with Crippen LogP contribution in [0.1, 0.15) is 33.1 Å². The van der Waals surface area contributed by atoms with Gasteiger partial charge in [-0.25, -0.2) is 0 Å². The predicted octanol–water partition coefficient (Wildman–Crippen LogP) is 1.26. The van der Waals surface area contributed by atoms with Crippen LogP contribution < -0.4 is 0 Å². The van der Waals surface area contributed by atoms with E-state index in [1.165, 1.54) is 0 Å². The van der Waals surface area contributed by atoms with E-state index in [0.717, 1.165) is 39.0 Å². The Morgan fingerprint density at radius 1 is 1.43 bits per heavy atom. The largest absolute Gasteiger partial charge is 0.395 e. The summed E-state index contributed by atoms with van der Waals surface area (Å²) in [5.74, 6) is 0. The lowest BCUT2D eigenvalue weighted by Crippen LogP contribution is -2.44. The second-order valence-corrected chi connectivity index (χ2v) is 3.95. The lowest BCUT2D eigenvalue weighted by atomic mass is 10.1. The Kier molecular flexibility index (Phi) is 5.45. The van der Waals surface area contributed by atoms with Gasteiger partial charge in [0.25, 0.3) is 0 Å². The van der Waals surface area contributed by atoms with Crippen molar-refractivity contribution in [3.63, 3.8) is 0 Å². The van der Waals surface area contributed by atoms with Crippen molar-refractivity contribution < 1.29 is 9.84 Å². The molecule has 0 spiro atoms. The molecule has 14 heavy (non-hydrogen) atoms. The zero-order chi connectivity index (χ0) is 10.4. The summed E-state index contributed by atoms with van der Waals surface area (Å²) in [5, 5.41) is 9.05. The number of aliphatic hydroxyl groups is 1. The van der Waals surface area contributed by atoms with Crippen molar-refractivity contribution in [2.45, 2.75) is 45.2 Å². The summed E-state index contributed by atoms with van der Waals surface area (Å²) in [5.41, 5.74) is 0. The Labute approximate surface area is 87.1 Å². The third-order valence-electron chi connectivity index (χ3n) is 3.14. The average Bonchev–Trinajstić information content (AvgIpc) is 2.71. The Balaban J connectivity index is 2.51. The lowest BCUT2D eigenvalue weighted by molar-refractivity contribution is 0.0832. The summed E-state index contributed by atoms with van der Waals surface area (Å²) >= 11 is 0. The lowest BCUT2D eigenvalue weighted by Gasteiger charge is -2.34. The van der Waals surface area contributed by atoms with Crippen molar-refractivity contribution in [3.8, 4) is 0 Å². The minimum atomic E-state index is 0.257. The van der Waals surface area contributed by atoms with Gasteiger partial charge in [0, 0.05) is 25.2 Å². The van der Waals surface area contributed by atoms with E-state index >= 15 is 0 Å². The van der Waals surface area contributed by atoms with Gasteiger partial charge in [-0.05, 0) is 19.3 Å². The number of aliphatic hydroxyl groups excluding tert-OH is 1. The summed E-state index contributed by atoms with van der Waals surface area (Å²) in [4.78, 5) is 2.42. The monoisotopic (exact) mass is 201 g/mol. The van der Waals surface area contributed by atoms with E-state index in [1.807, 2.05) is 0 Å². The van der Waals surface area contributed by atoms with Crippen LogP contribution in [0.2, 0.25) is 0 Å². The van der Waals surface area contributed by atoms with E-state index in [2.05, 4.69) is 18.7 Å². The van der Waals surface area contributed by atoms with Crippen LogP contribution in [-0.4, -0.2) is 48.5 Å². The summed E-state index contributed by atoms with van der Waals surface area (Å²) in [6.45, 7) is 7.21. The normalized spacial score (nSPS) is 22.5. The number of ether oxygens (including phenoxy) is 1. The fraction of sp³-hybridized carbons (Fsp3) is 1.00. The maximum absolute atomic E-state index is 9.05. The second kappa shape index (κ2) is 6.38. The molecular weight excluding hydrogens is 178 g/mol. The molecule has 1 N–H and O–H groups in total. The first-order valence-electron chi connectivity index (χ1n) is 5.77. The van der Waals surface area contributed by atoms with Crippen LogP contribution in [0.5, 0.6) is 0 Å². The van der Waals surface area contributed by atoms with Crippen LogP contribution >= 0.6 is 0 Å². The highest BCUT2D eigenvalue weighted by atomic mass is 16.5. The van der Waals surface area contributed by atoms with E-state index in [4.69, 9.17) is 9.84 Å². The van der Waals surface area contributed by atoms with Crippen molar-refractivity contribution in [3.05, 3.63) is 0 Å². The Morgan fingerprint density at radius 3 is 2.57 bits per heavy atom. The van der Waals surface area contributed by atoms with Gasteiger partial charge in [0.1, 0.15) is 0 Å². The van der Waals surface area contributed by atoms with Gasteiger partial charge >= 0.3 is 0 Å². The molecule has 0 radical (unpaired) electrons. The zero-order valence-corrected chi connectivity index (χ0v) is 9.41. The molecule has 84 valence electrons. The Hall–Kier alpha value is -0.120. The minimum Gasteiger partial charge on any atom is -0.395 e. The molecule has 1 unspecified atom stereocenters. The first-order valence-corrected chi connectivity index (χ1v) is 5.77. The van der Waals surface area contributed by atoms with Crippen molar-refractivity contribution in [1.29, 1.82) is 0 Å². The van der Waals surface area contributed by atoms with E-state index in [1.54, 1.807) is 0 Å². The first-order chi connectivity index (χ1) is 6.83. The maximum atomic E-state index is 9.05. The highest BCUT2D eigenvalue weighted by molar-refractivity contribution is 4.80. The fourth-order valence-electron chi connectivity index (χ4n) is 2.32. The third kappa shape index (κ3) is 2.94. The smallest absolute Gasteiger partial charge is 0.0622 e. The van der Waals surface area contributed by atoms with Gasteiger partial charge in [-0.3, -0.25) is 4.90 Å². The van der Waals surface area contributed by atoms with Crippen LogP contribution in [0.15, 0.2) is 0 Å². The highest BCUT2D eigenvalue weighted by Gasteiger charge is 2.26. The molecule has 3 nitrogen and oxygen atoms in total. The van der Waals surface area contributed by atoms with E-state index in [9.17, 15) is 0 Å².